The molecular weight excluding hydrogens is 456 g/mol. The standard InChI is InChI=1S/C21H23ClN4O3S2/c1-14(3-8-19-25-13-17(30-19)15-4-6-16(22)7-5-15)26-20(27)24-12-9-18(23)21(10-11-21)31(2,28)29/h4-7,9,12-13,23H,1,3,8,10-11H2,2H3,(H2,24,26,27)/b12-9-,23-18?. The Morgan fingerprint density at radius 1 is 1.35 bits per heavy atom. The summed E-state index contributed by atoms with van der Waals surface area (Å²) >= 11 is 7.49. The van der Waals surface area contributed by atoms with Crippen LogP contribution in [0.25, 0.3) is 10.4 Å². The molecule has 0 unspecified atom stereocenters. The van der Waals surface area contributed by atoms with Crippen molar-refractivity contribution in [2.75, 3.05) is 6.26 Å². The second kappa shape index (κ2) is 9.33. The van der Waals surface area contributed by atoms with Crippen LogP contribution in [0.5, 0.6) is 0 Å². The van der Waals surface area contributed by atoms with Crippen molar-refractivity contribution < 1.29 is 13.2 Å². The van der Waals surface area contributed by atoms with Crippen LogP contribution in [-0.2, 0) is 16.3 Å². The number of rotatable bonds is 9. The van der Waals surface area contributed by atoms with Crippen LogP contribution in [0, 0.1) is 5.41 Å². The largest absolute Gasteiger partial charge is 0.322 e. The number of aryl methyl sites for hydroxylation is 1. The number of halogens is 1. The van der Waals surface area contributed by atoms with Gasteiger partial charge in [0.25, 0.3) is 0 Å². The van der Waals surface area contributed by atoms with Crippen LogP contribution < -0.4 is 10.6 Å². The first kappa shape index (κ1) is 23.2. The predicted octanol–water partition coefficient (Wildman–Crippen LogP) is 4.32. The molecule has 0 atom stereocenters. The number of thiazole rings is 1. The van der Waals surface area contributed by atoms with Crippen molar-refractivity contribution in [3.63, 3.8) is 0 Å². The number of urea groups is 1. The van der Waals surface area contributed by atoms with E-state index in [4.69, 9.17) is 17.0 Å². The molecule has 2 aromatic rings. The van der Waals surface area contributed by atoms with Gasteiger partial charge in [0, 0.05) is 35.8 Å². The molecule has 10 heteroatoms. The molecule has 2 amide bonds. The average molecular weight is 479 g/mol. The van der Waals surface area contributed by atoms with Crippen molar-refractivity contribution in [3.05, 3.63) is 65.0 Å². The lowest BCUT2D eigenvalue weighted by molar-refractivity contribution is 0.246. The molecule has 1 aliphatic carbocycles. The van der Waals surface area contributed by atoms with E-state index in [9.17, 15) is 13.2 Å². The number of nitrogens with zero attached hydrogens (tertiary/aromatic N) is 1. The van der Waals surface area contributed by atoms with Crippen molar-refractivity contribution in [1.82, 2.24) is 15.6 Å². The van der Waals surface area contributed by atoms with Gasteiger partial charge in [-0.3, -0.25) is 0 Å². The van der Waals surface area contributed by atoms with Crippen LogP contribution in [0.15, 0.2) is 55.0 Å². The van der Waals surface area contributed by atoms with Crippen LogP contribution in [0.3, 0.4) is 0 Å². The molecule has 3 N–H and O–H groups in total. The van der Waals surface area contributed by atoms with Gasteiger partial charge in [0.15, 0.2) is 9.84 Å². The molecule has 0 spiro atoms. The molecule has 164 valence electrons. The molecule has 0 saturated heterocycles. The highest BCUT2D eigenvalue weighted by atomic mass is 35.5. The minimum Gasteiger partial charge on any atom is -0.314 e. The van der Waals surface area contributed by atoms with E-state index in [0.717, 1.165) is 21.7 Å². The molecule has 1 aromatic carbocycles. The predicted molar refractivity (Wildman–Crippen MR) is 125 cm³/mol. The number of nitrogens with one attached hydrogen (secondary N) is 3. The van der Waals surface area contributed by atoms with E-state index >= 15 is 0 Å². The number of allylic oxidation sites excluding steroid dienone is 2. The van der Waals surface area contributed by atoms with Crippen LogP contribution in [0.4, 0.5) is 4.79 Å². The number of hydrogen-bond acceptors (Lipinski definition) is 6. The van der Waals surface area contributed by atoms with Gasteiger partial charge < -0.3 is 16.0 Å². The summed E-state index contributed by atoms with van der Waals surface area (Å²) in [6.45, 7) is 3.85. The second-order valence-electron chi connectivity index (χ2n) is 7.34. The number of amides is 2. The van der Waals surface area contributed by atoms with E-state index in [2.05, 4.69) is 22.2 Å². The highest BCUT2D eigenvalue weighted by Gasteiger charge is 2.54. The van der Waals surface area contributed by atoms with E-state index in [-0.39, 0.29) is 5.71 Å². The number of carbonyl (C=O) groups is 1. The van der Waals surface area contributed by atoms with Gasteiger partial charge >= 0.3 is 6.03 Å². The maximum atomic E-state index is 12.0. The van der Waals surface area contributed by atoms with E-state index in [1.165, 1.54) is 12.3 Å². The zero-order chi connectivity index (χ0) is 22.6. The fourth-order valence-electron chi connectivity index (χ4n) is 3.00. The number of carbonyl (C=O) groups excluding carboxylic acids is 1. The van der Waals surface area contributed by atoms with Crippen molar-refractivity contribution in [2.24, 2.45) is 0 Å². The SMILES string of the molecule is C=C(CCc1ncc(-c2ccc(Cl)cc2)s1)NC(=O)N/C=C\C(=N)C1(S(C)(=O)=O)CC1. The molecule has 1 heterocycles. The molecule has 7 nitrogen and oxygen atoms in total. The van der Waals surface area contributed by atoms with E-state index in [1.807, 2.05) is 30.5 Å². The summed E-state index contributed by atoms with van der Waals surface area (Å²) in [5, 5.41) is 14.7. The Bertz CT molecular complexity index is 1130. The van der Waals surface area contributed by atoms with Crippen LogP contribution in [0.2, 0.25) is 5.02 Å². The first-order valence-electron chi connectivity index (χ1n) is 9.52. The third-order valence-corrected chi connectivity index (χ3v) is 8.39. The maximum absolute atomic E-state index is 12.0. The van der Waals surface area contributed by atoms with Gasteiger partial charge in [0.05, 0.1) is 15.6 Å². The first-order valence-corrected chi connectivity index (χ1v) is 12.6. The van der Waals surface area contributed by atoms with Crippen molar-refractivity contribution in [3.8, 4) is 10.4 Å². The molecule has 1 saturated carbocycles. The van der Waals surface area contributed by atoms with Crippen molar-refractivity contribution >= 4 is 44.5 Å². The summed E-state index contributed by atoms with van der Waals surface area (Å²) in [5.74, 6) is 0. The molecule has 1 fully saturated rings. The summed E-state index contributed by atoms with van der Waals surface area (Å²) in [7, 11) is -3.34. The Balaban J connectivity index is 1.43. The van der Waals surface area contributed by atoms with Gasteiger partial charge in [-0.25, -0.2) is 18.2 Å². The monoisotopic (exact) mass is 478 g/mol. The van der Waals surface area contributed by atoms with Gasteiger partial charge in [-0.2, -0.15) is 0 Å². The highest BCUT2D eigenvalue weighted by Crippen LogP contribution is 2.44. The third-order valence-electron chi connectivity index (χ3n) is 4.98. The Morgan fingerprint density at radius 3 is 2.65 bits per heavy atom. The summed E-state index contributed by atoms with van der Waals surface area (Å²) < 4.78 is 22.5. The highest BCUT2D eigenvalue weighted by molar-refractivity contribution is 7.93. The van der Waals surface area contributed by atoms with E-state index in [1.54, 1.807) is 11.3 Å². The lowest BCUT2D eigenvalue weighted by atomic mass is 10.2. The molecule has 1 aliphatic rings. The van der Waals surface area contributed by atoms with Gasteiger partial charge in [-0.15, -0.1) is 11.3 Å². The third kappa shape index (κ3) is 5.81. The number of benzene rings is 1. The topological polar surface area (TPSA) is 112 Å². The first-order chi connectivity index (χ1) is 14.6. The molecule has 0 radical (unpaired) electrons. The van der Waals surface area contributed by atoms with Crippen LogP contribution in [0.1, 0.15) is 24.3 Å². The fraction of sp³-hybridized carbons (Fsp3) is 0.286. The number of hydrogen-bond donors (Lipinski definition) is 3. The Hall–Kier alpha value is -2.49. The number of sulfone groups is 1. The van der Waals surface area contributed by atoms with Crippen LogP contribution >= 0.6 is 22.9 Å². The van der Waals surface area contributed by atoms with Gasteiger partial charge in [0.1, 0.15) is 4.75 Å². The van der Waals surface area contributed by atoms with Crippen molar-refractivity contribution in [1.29, 1.82) is 5.41 Å². The Morgan fingerprint density at radius 2 is 2.03 bits per heavy atom. The normalized spacial score (nSPS) is 14.9. The zero-order valence-electron chi connectivity index (χ0n) is 16.9. The summed E-state index contributed by atoms with van der Waals surface area (Å²) in [4.78, 5) is 17.4. The molecule has 0 aliphatic heterocycles. The van der Waals surface area contributed by atoms with Gasteiger partial charge in [0.2, 0.25) is 0 Å². The lowest BCUT2D eigenvalue weighted by Gasteiger charge is -2.11. The van der Waals surface area contributed by atoms with E-state index in [0.29, 0.717) is 36.4 Å². The molecule has 3 rings (SSSR count). The summed E-state index contributed by atoms with van der Waals surface area (Å²) in [5.41, 5.74) is 1.55. The summed E-state index contributed by atoms with van der Waals surface area (Å²) in [6, 6.07) is 7.06. The Labute approximate surface area is 190 Å². The fourth-order valence-corrected chi connectivity index (χ4v) is 5.36. The summed E-state index contributed by atoms with van der Waals surface area (Å²) in [6.07, 6.45) is 7.57. The average Bonchev–Trinajstić information content (AvgIpc) is 3.40. The number of aromatic nitrogens is 1. The molecule has 31 heavy (non-hydrogen) atoms. The van der Waals surface area contributed by atoms with E-state index < -0.39 is 20.6 Å². The zero-order valence-corrected chi connectivity index (χ0v) is 19.3. The van der Waals surface area contributed by atoms with Crippen LogP contribution in [-0.4, -0.2) is 36.1 Å². The van der Waals surface area contributed by atoms with Gasteiger partial charge in [-0.1, -0.05) is 30.3 Å². The molecular formula is C21H23ClN4O3S2. The maximum Gasteiger partial charge on any atom is 0.322 e. The second-order valence-corrected chi connectivity index (χ2v) is 11.2. The van der Waals surface area contributed by atoms with Crippen molar-refractivity contribution in [2.45, 2.75) is 30.4 Å². The quantitative estimate of drug-likeness (QED) is 0.466. The minimum absolute atomic E-state index is 0.0191. The van der Waals surface area contributed by atoms with Gasteiger partial charge in [-0.05, 0) is 43.0 Å². The minimum atomic E-state index is -3.34. The molecule has 0 bridgehead atoms. The lowest BCUT2D eigenvalue weighted by Crippen LogP contribution is -2.33. The smallest absolute Gasteiger partial charge is 0.314 e. The molecule has 1 aromatic heterocycles. The Kier molecular flexibility index (Phi) is 6.98.